The Labute approximate surface area is 142 Å². The van der Waals surface area contributed by atoms with Crippen LogP contribution < -0.4 is 5.32 Å². The smallest absolute Gasteiger partial charge is 0.244 e. The first-order valence-corrected chi connectivity index (χ1v) is 8.23. The molecule has 1 saturated heterocycles. The normalized spacial score (nSPS) is 17.2. The summed E-state index contributed by atoms with van der Waals surface area (Å²) < 4.78 is 0. The van der Waals surface area contributed by atoms with Crippen LogP contribution in [0.3, 0.4) is 0 Å². The van der Waals surface area contributed by atoms with E-state index >= 15 is 0 Å². The van der Waals surface area contributed by atoms with Crippen LogP contribution in [-0.4, -0.2) is 29.8 Å². The molecular weight excluding hydrogens is 300 g/mol. The van der Waals surface area contributed by atoms with Crippen LogP contribution in [0.2, 0.25) is 0 Å². The number of aryl methyl sites for hydroxylation is 1. The van der Waals surface area contributed by atoms with Crippen molar-refractivity contribution in [3.05, 3.63) is 65.2 Å². The molecule has 0 aromatic heterocycles. The predicted octanol–water partition coefficient (Wildman–Crippen LogP) is 3.26. The number of anilines is 1. The summed E-state index contributed by atoms with van der Waals surface area (Å²) in [6.45, 7) is 4.70. The third-order valence-electron chi connectivity index (χ3n) is 4.70. The van der Waals surface area contributed by atoms with Gasteiger partial charge in [0.2, 0.25) is 11.8 Å². The quantitative estimate of drug-likeness (QED) is 0.939. The van der Waals surface area contributed by atoms with E-state index in [-0.39, 0.29) is 24.3 Å². The second kappa shape index (κ2) is 6.87. The zero-order valence-corrected chi connectivity index (χ0v) is 14.1. The van der Waals surface area contributed by atoms with Gasteiger partial charge in [0, 0.05) is 24.6 Å². The van der Waals surface area contributed by atoms with E-state index in [0.717, 1.165) is 22.4 Å². The monoisotopic (exact) mass is 322 g/mol. The van der Waals surface area contributed by atoms with Gasteiger partial charge >= 0.3 is 0 Å². The second-order valence-electron chi connectivity index (χ2n) is 6.38. The van der Waals surface area contributed by atoms with Crippen LogP contribution in [0.15, 0.2) is 48.5 Å². The minimum atomic E-state index is -0.147. The average Bonchev–Trinajstić information content (AvgIpc) is 2.93. The SMILES string of the molecule is Cc1cccc(NC(=O)CN2C[C@H](c3ccccc3)CC2=O)c1C. The summed E-state index contributed by atoms with van der Waals surface area (Å²) in [5.74, 6) is 0.0675. The lowest BCUT2D eigenvalue weighted by atomic mass is 9.99. The zero-order valence-electron chi connectivity index (χ0n) is 14.1. The molecule has 0 aliphatic carbocycles. The van der Waals surface area contributed by atoms with Crippen LogP contribution in [0.4, 0.5) is 5.69 Å². The Morgan fingerprint density at radius 1 is 1.12 bits per heavy atom. The van der Waals surface area contributed by atoms with Gasteiger partial charge in [0.1, 0.15) is 0 Å². The van der Waals surface area contributed by atoms with Gasteiger partial charge in [0.05, 0.1) is 6.54 Å². The number of carbonyl (C=O) groups is 2. The van der Waals surface area contributed by atoms with Gasteiger partial charge < -0.3 is 10.2 Å². The summed E-state index contributed by atoms with van der Waals surface area (Å²) in [7, 11) is 0. The maximum Gasteiger partial charge on any atom is 0.244 e. The summed E-state index contributed by atoms with van der Waals surface area (Å²) in [6, 6.07) is 15.8. The summed E-state index contributed by atoms with van der Waals surface area (Å²) in [4.78, 5) is 26.2. The topological polar surface area (TPSA) is 49.4 Å². The Kier molecular flexibility index (Phi) is 4.65. The lowest BCUT2D eigenvalue weighted by Gasteiger charge is -2.17. The molecule has 4 heteroatoms. The van der Waals surface area contributed by atoms with E-state index in [1.54, 1.807) is 4.90 Å². The molecule has 0 unspecified atom stereocenters. The highest BCUT2D eigenvalue weighted by molar-refractivity contribution is 5.95. The molecule has 4 nitrogen and oxygen atoms in total. The fourth-order valence-corrected chi connectivity index (χ4v) is 3.12. The molecule has 1 atom stereocenters. The van der Waals surface area contributed by atoms with Crippen molar-refractivity contribution in [2.75, 3.05) is 18.4 Å². The average molecular weight is 322 g/mol. The molecule has 0 saturated carbocycles. The molecule has 1 N–H and O–H groups in total. The zero-order chi connectivity index (χ0) is 17.1. The van der Waals surface area contributed by atoms with E-state index < -0.39 is 0 Å². The summed E-state index contributed by atoms with van der Waals surface area (Å²) in [5, 5.41) is 2.92. The Morgan fingerprint density at radius 2 is 1.88 bits per heavy atom. The van der Waals surface area contributed by atoms with Gasteiger partial charge in [-0.1, -0.05) is 42.5 Å². The molecule has 0 radical (unpaired) electrons. The molecule has 2 aromatic rings. The highest BCUT2D eigenvalue weighted by Gasteiger charge is 2.31. The van der Waals surface area contributed by atoms with Crippen molar-refractivity contribution in [1.29, 1.82) is 0 Å². The van der Waals surface area contributed by atoms with Crippen LogP contribution >= 0.6 is 0 Å². The van der Waals surface area contributed by atoms with Crippen LogP contribution in [0.1, 0.15) is 29.0 Å². The fraction of sp³-hybridized carbons (Fsp3) is 0.300. The number of rotatable bonds is 4. The maximum absolute atomic E-state index is 12.3. The lowest BCUT2D eigenvalue weighted by molar-refractivity contribution is -0.131. The maximum atomic E-state index is 12.3. The van der Waals surface area contributed by atoms with Gasteiger partial charge in [-0.15, -0.1) is 0 Å². The van der Waals surface area contributed by atoms with Gasteiger partial charge in [-0.05, 0) is 36.6 Å². The fourth-order valence-electron chi connectivity index (χ4n) is 3.12. The van der Waals surface area contributed by atoms with E-state index in [0.29, 0.717) is 13.0 Å². The van der Waals surface area contributed by atoms with Crippen LogP contribution in [0.25, 0.3) is 0 Å². The van der Waals surface area contributed by atoms with Gasteiger partial charge in [-0.3, -0.25) is 9.59 Å². The van der Waals surface area contributed by atoms with Crippen molar-refractivity contribution in [1.82, 2.24) is 4.90 Å². The standard InChI is InChI=1S/C20H22N2O2/c1-14-7-6-10-18(15(14)2)21-19(23)13-22-12-17(11-20(22)24)16-8-4-3-5-9-16/h3-10,17H,11-13H2,1-2H3,(H,21,23)/t17-/m1/s1. The van der Waals surface area contributed by atoms with E-state index in [1.807, 2.05) is 62.4 Å². The molecule has 3 rings (SSSR count). The first-order valence-electron chi connectivity index (χ1n) is 8.23. The van der Waals surface area contributed by atoms with E-state index in [1.165, 1.54) is 0 Å². The number of amides is 2. The van der Waals surface area contributed by atoms with Crippen molar-refractivity contribution in [3.8, 4) is 0 Å². The van der Waals surface area contributed by atoms with E-state index in [2.05, 4.69) is 5.32 Å². The number of hydrogen-bond acceptors (Lipinski definition) is 2. The van der Waals surface area contributed by atoms with Crippen molar-refractivity contribution in [2.24, 2.45) is 0 Å². The molecule has 1 aliphatic heterocycles. The molecule has 0 spiro atoms. The van der Waals surface area contributed by atoms with Crippen molar-refractivity contribution in [3.63, 3.8) is 0 Å². The third-order valence-corrected chi connectivity index (χ3v) is 4.70. The number of carbonyl (C=O) groups excluding carboxylic acids is 2. The minimum Gasteiger partial charge on any atom is -0.333 e. The Morgan fingerprint density at radius 3 is 2.62 bits per heavy atom. The molecule has 1 fully saturated rings. The Balaban J connectivity index is 1.62. The molecule has 24 heavy (non-hydrogen) atoms. The van der Waals surface area contributed by atoms with Gasteiger partial charge in [0.25, 0.3) is 0 Å². The minimum absolute atomic E-state index is 0.0416. The predicted molar refractivity (Wildman–Crippen MR) is 94.9 cm³/mol. The van der Waals surface area contributed by atoms with Gasteiger partial charge in [-0.25, -0.2) is 0 Å². The first-order chi connectivity index (χ1) is 11.5. The van der Waals surface area contributed by atoms with E-state index in [9.17, 15) is 9.59 Å². The first kappa shape index (κ1) is 16.2. The van der Waals surface area contributed by atoms with Gasteiger partial charge in [0.15, 0.2) is 0 Å². The third kappa shape index (κ3) is 3.48. The van der Waals surface area contributed by atoms with Gasteiger partial charge in [-0.2, -0.15) is 0 Å². The summed E-state index contributed by atoms with van der Waals surface area (Å²) in [6.07, 6.45) is 0.473. The number of benzene rings is 2. The molecule has 1 aliphatic rings. The Bertz CT molecular complexity index is 755. The summed E-state index contributed by atoms with van der Waals surface area (Å²) in [5.41, 5.74) is 4.16. The highest BCUT2D eigenvalue weighted by atomic mass is 16.2. The van der Waals surface area contributed by atoms with Crippen molar-refractivity contribution < 1.29 is 9.59 Å². The molecule has 2 amide bonds. The lowest BCUT2D eigenvalue weighted by Crippen LogP contribution is -2.34. The molecular formula is C20H22N2O2. The van der Waals surface area contributed by atoms with E-state index in [4.69, 9.17) is 0 Å². The molecule has 1 heterocycles. The van der Waals surface area contributed by atoms with Crippen LogP contribution in [0.5, 0.6) is 0 Å². The van der Waals surface area contributed by atoms with Crippen molar-refractivity contribution >= 4 is 17.5 Å². The Hall–Kier alpha value is -2.62. The van der Waals surface area contributed by atoms with Crippen LogP contribution in [-0.2, 0) is 9.59 Å². The second-order valence-corrected chi connectivity index (χ2v) is 6.38. The number of likely N-dealkylation sites (tertiary alicyclic amines) is 1. The highest BCUT2D eigenvalue weighted by Crippen LogP contribution is 2.27. The molecule has 0 bridgehead atoms. The number of nitrogens with zero attached hydrogens (tertiary/aromatic N) is 1. The largest absolute Gasteiger partial charge is 0.333 e. The summed E-state index contributed by atoms with van der Waals surface area (Å²) >= 11 is 0. The molecule has 124 valence electrons. The molecule has 2 aromatic carbocycles. The van der Waals surface area contributed by atoms with Crippen molar-refractivity contribution in [2.45, 2.75) is 26.2 Å². The number of nitrogens with one attached hydrogen (secondary N) is 1. The number of hydrogen-bond donors (Lipinski definition) is 1. The van der Waals surface area contributed by atoms with Crippen LogP contribution in [0, 0.1) is 13.8 Å².